The fourth-order valence-electron chi connectivity index (χ4n) is 1.03. The number of carbonyl (C=O) groups excluding carboxylic acids is 1. The standard InChI is InChI=1S/C8H10FNO/c9-8(6-11)3-1-2-7(4-8)5-10/h1-3,6H,4-5,10H2. The lowest BCUT2D eigenvalue weighted by Crippen LogP contribution is -2.26. The first-order valence-corrected chi connectivity index (χ1v) is 3.43. The minimum atomic E-state index is -1.82. The number of rotatable bonds is 2. The summed E-state index contributed by atoms with van der Waals surface area (Å²) in [5.74, 6) is 0. The molecule has 1 atom stereocenters. The molecule has 0 spiro atoms. The lowest BCUT2D eigenvalue weighted by molar-refractivity contribution is -0.115. The van der Waals surface area contributed by atoms with Crippen molar-refractivity contribution in [3.63, 3.8) is 0 Å². The number of carbonyl (C=O) groups is 1. The molecule has 1 rings (SSSR count). The van der Waals surface area contributed by atoms with E-state index in [0.717, 1.165) is 5.57 Å². The molecule has 11 heavy (non-hydrogen) atoms. The summed E-state index contributed by atoms with van der Waals surface area (Å²) >= 11 is 0. The van der Waals surface area contributed by atoms with Crippen molar-refractivity contribution in [2.75, 3.05) is 6.54 Å². The van der Waals surface area contributed by atoms with Crippen LogP contribution >= 0.6 is 0 Å². The van der Waals surface area contributed by atoms with Crippen LogP contribution in [-0.2, 0) is 4.79 Å². The van der Waals surface area contributed by atoms with E-state index in [0.29, 0.717) is 12.8 Å². The van der Waals surface area contributed by atoms with Gasteiger partial charge in [-0.05, 0) is 6.08 Å². The minimum Gasteiger partial charge on any atom is -0.327 e. The summed E-state index contributed by atoms with van der Waals surface area (Å²) < 4.78 is 13.2. The molecule has 0 saturated carbocycles. The zero-order chi connectivity index (χ0) is 8.32. The summed E-state index contributed by atoms with van der Waals surface area (Å²) in [6.07, 6.45) is 4.93. The van der Waals surface area contributed by atoms with Gasteiger partial charge in [-0.15, -0.1) is 0 Å². The Morgan fingerprint density at radius 1 is 1.82 bits per heavy atom. The smallest absolute Gasteiger partial charge is 0.187 e. The maximum atomic E-state index is 13.2. The van der Waals surface area contributed by atoms with Crippen molar-refractivity contribution in [1.82, 2.24) is 0 Å². The Hall–Kier alpha value is -0.960. The topological polar surface area (TPSA) is 43.1 Å². The molecule has 0 aliphatic heterocycles. The number of hydrogen-bond donors (Lipinski definition) is 1. The summed E-state index contributed by atoms with van der Waals surface area (Å²) in [4.78, 5) is 10.2. The van der Waals surface area contributed by atoms with Crippen LogP contribution in [0.2, 0.25) is 0 Å². The van der Waals surface area contributed by atoms with Crippen molar-refractivity contribution in [3.8, 4) is 0 Å². The van der Waals surface area contributed by atoms with E-state index in [1.165, 1.54) is 12.2 Å². The molecule has 60 valence electrons. The van der Waals surface area contributed by atoms with Crippen LogP contribution in [0.25, 0.3) is 0 Å². The quantitative estimate of drug-likeness (QED) is 0.597. The Morgan fingerprint density at radius 2 is 2.55 bits per heavy atom. The fraction of sp³-hybridized carbons (Fsp3) is 0.375. The molecule has 0 bridgehead atoms. The second kappa shape index (κ2) is 2.96. The normalized spacial score (nSPS) is 29.8. The minimum absolute atomic E-state index is 0.101. The second-order valence-corrected chi connectivity index (χ2v) is 2.61. The highest BCUT2D eigenvalue weighted by molar-refractivity contribution is 5.67. The Morgan fingerprint density at radius 3 is 3.09 bits per heavy atom. The number of alkyl halides is 1. The Labute approximate surface area is 64.6 Å². The van der Waals surface area contributed by atoms with Gasteiger partial charge in [-0.2, -0.15) is 0 Å². The van der Waals surface area contributed by atoms with Crippen LogP contribution in [0.4, 0.5) is 4.39 Å². The number of halogens is 1. The molecule has 1 aliphatic rings. The zero-order valence-corrected chi connectivity index (χ0v) is 6.09. The average molecular weight is 155 g/mol. The number of allylic oxidation sites excluding steroid dienone is 3. The third kappa shape index (κ3) is 1.74. The van der Waals surface area contributed by atoms with E-state index in [2.05, 4.69) is 0 Å². The second-order valence-electron chi connectivity index (χ2n) is 2.61. The van der Waals surface area contributed by atoms with Gasteiger partial charge in [0.1, 0.15) is 0 Å². The molecule has 0 radical (unpaired) electrons. The first kappa shape index (κ1) is 8.14. The highest BCUT2D eigenvalue weighted by Gasteiger charge is 2.28. The van der Waals surface area contributed by atoms with Gasteiger partial charge in [0.15, 0.2) is 12.0 Å². The van der Waals surface area contributed by atoms with Gasteiger partial charge in [0, 0.05) is 13.0 Å². The SMILES string of the molecule is NCC1=CC=CC(F)(C=O)C1. The van der Waals surface area contributed by atoms with Crippen LogP contribution in [0.3, 0.4) is 0 Å². The van der Waals surface area contributed by atoms with E-state index in [-0.39, 0.29) is 6.42 Å². The van der Waals surface area contributed by atoms with E-state index in [9.17, 15) is 9.18 Å². The molecule has 1 aliphatic carbocycles. The van der Waals surface area contributed by atoms with Crippen LogP contribution in [0.15, 0.2) is 23.8 Å². The van der Waals surface area contributed by atoms with Crippen LogP contribution in [0.1, 0.15) is 6.42 Å². The van der Waals surface area contributed by atoms with E-state index >= 15 is 0 Å². The van der Waals surface area contributed by atoms with Gasteiger partial charge < -0.3 is 5.73 Å². The van der Waals surface area contributed by atoms with Gasteiger partial charge in [0.05, 0.1) is 0 Å². The molecule has 0 aromatic heterocycles. The summed E-state index contributed by atoms with van der Waals surface area (Å²) in [7, 11) is 0. The summed E-state index contributed by atoms with van der Waals surface area (Å²) in [5, 5.41) is 0. The molecule has 0 saturated heterocycles. The molecule has 3 heteroatoms. The predicted molar refractivity (Wildman–Crippen MR) is 40.8 cm³/mol. The van der Waals surface area contributed by atoms with E-state index in [4.69, 9.17) is 5.73 Å². The van der Waals surface area contributed by atoms with Gasteiger partial charge >= 0.3 is 0 Å². The highest BCUT2D eigenvalue weighted by Crippen LogP contribution is 2.24. The van der Waals surface area contributed by atoms with Crippen molar-refractivity contribution in [2.45, 2.75) is 12.1 Å². The first-order chi connectivity index (χ1) is 5.20. The lowest BCUT2D eigenvalue weighted by Gasteiger charge is -2.18. The van der Waals surface area contributed by atoms with Crippen molar-refractivity contribution in [1.29, 1.82) is 0 Å². The maximum Gasteiger partial charge on any atom is 0.187 e. The third-order valence-corrected chi connectivity index (χ3v) is 1.66. The van der Waals surface area contributed by atoms with Crippen LogP contribution < -0.4 is 5.73 Å². The number of nitrogens with two attached hydrogens (primary N) is 1. The Kier molecular flexibility index (Phi) is 2.19. The van der Waals surface area contributed by atoms with Crippen LogP contribution in [0, 0.1) is 0 Å². The van der Waals surface area contributed by atoms with Crippen molar-refractivity contribution < 1.29 is 9.18 Å². The van der Waals surface area contributed by atoms with Gasteiger partial charge in [-0.1, -0.05) is 17.7 Å². The van der Waals surface area contributed by atoms with E-state index < -0.39 is 5.67 Å². The van der Waals surface area contributed by atoms with E-state index in [1.54, 1.807) is 6.08 Å². The molecule has 0 fully saturated rings. The van der Waals surface area contributed by atoms with Gasteiger partial charge in [0.25, 0.3) is 0 Å². The molecule has 0 aromatic rings. The third-order valence-electron chi connectivity index (χ3n) is 1.66. The van der Waals surface area contributed by atoms with Crippen molar-refractivity contribution >= 4 is 6.29 Å². The number of hydrogen-bond acceptors (Lipinski definition) is 2. The monoisotopic (exact) mass is 155 g/mol. The predicted octanol–water partition coefficient (Wildman–Crippen LogP) is 0.739. The molecule has 0 amide bonds. The summed E-state index contributed by atoms with van der Waals surface area (Å²) in [6.45, 7) is 0.309. The van der Waals surface area contributed by atoms with E-state index in [1.807, 2.05) is 0 Å². The Balaban J connectivity index is 2.76. The highest BCUT2D eigenvalue weighted by atomic mass is 19.1. The molecule has 1 unspecified atom stereocenters. The molecule has 2 N–H and O–H groups in total. The average Bonchev–Trinajstić information content (AvgIpc) is 2.05. The molecular weight excluding hydrogens is 145 g/mol. The maximum absolute atomic E-state index is 13.2. The molecule has 0 heterocycles. The first-order valence-electron chi connectivity index (χ1n) is 3.43. The fourth-order valence-corrected chi connectivity index (χ4v) is 1.03. The largest absolute Gasteiger partial charge is 0.327 e. The molecule has 0 aromatic carbocycles. The van der Waals surface area contributed by atoms with Crippen LogP contribution in [-0.4, -0.2) is 18.5 Å². The van der Waals surface area contributed by atoms with Crippen molar-refractivity contribution in [2.24, 2.45) is 5.73 Å². The molecule has 2 nitrogen and oxygen atoms in total. The van der Waals surface area contributed by atoms with Gasteiger partial charge in [-0.3, -0.25) is 4.79 Å². The van der Waals surface area contributed by atoms with Gasteiger partial charge in [-0.25, -0.2) is 4.39 Å². The number of aldehydes is 1. The van der Waals surface area contributed by atoms with Crippen LogP contribution in [0.5, 0.6) is 0 Å². The summed E-state index contributed by atoms with van der Waals surface area (Å²) in [5.41, 5.74) is 4.24. The van der Waals surface area contributed by atoms with Gasteiger partial charge in [0.2, 0.25) is 0 Å². The lowest BCUT2D eigenvalue weighted by atomic mass is 9.93. The Bertz CT molecular complexity index is 222. The summed E-state index contributed by atoms with van der Waals surface area (Å²) in [6, 6.07) is 0. The zero-order valence-electron chi connectivity index (χ0n) is 6.09. The molecular formula is C8H10FNO. The van der Waals surface area contributed by atoms with Crippen molar-refractivity contribution in [3.05, 3.63) is 23.8 Å².